The molecule has 0 heterocycles. The molecule has 0 saturated heterocycles. The van der Waals surface area contributed by atoms with Gasteiger partial charge in [0.1, 0.15) is 0 Å². The first-order chi connectivity index (χ1) is 8.76. The Bertz CT molecular complexity index is 188. The highest BCUT2D eigenvalue weighted by molar-refractivity contribution is 4.72. The van der Waals surface area contributed by atoms with E-state index in [1.54, 1.807) is 0 Å². The second kappa shape index (κ2) is 9.76. The van der Waals surface area contributed by atoms with Gasteiger partial charge in [-0.3, -0.25) is 0 Å². The van der Waals surface area contributed by atoms with E-state index in [0.717, 1.165) is 38.6 Å². The average molecular weight is 258 g/mol. The van der Waals surface area contributed by atoms with Crippen molar-refractivity contribution in [1.29, 1.82) is 0 Å². The lowest BCUT2D eigenvalue weighted by atomic mass is 9.88. The molecule has 3 heteroatoms. The zero-order valence-corrected chi connectivity index (χ0v) is 12.3. The van der Waals surface area contributed by atoms with Crippen molar-refractivity contribution in [2.24, 2.45) is 5.92 Å². The maximum Gasteiger partial charge on any atom is 0.155 e. The van der Waals surface area contributed by atoms with Crippen LogP contribution in [0.5, 0.6) is 0 Å². The summed E-state index contributed by atoms with van der Waals surface area (Å²) in [5.74, 6) is 0.740. The van der Waals surface area contributed by atoms with E-state index in [-0.39, 0.29) is 6.29 Å². The predicted octanol–water partition coefficient (Wildman–Crippen LogP) is 3.76. The normalized spacial score (nSPS) is 26.2. The van der Waals surface area contributed by atoms with Crippen LogP contribution >= 0.6 is 0 Å². The number of hydrogen-bond donors (Lipinski definition) is 0. The van der Waals surface area contributed by atoms with Gasteiger partial charge in [0.15, 0.2) is 6.29 Å². The lowest BCUT2D eigenvalue weighted by Crippen LogP contribution is -2.28. The molecular weight excluding hydrogens is 228 g/mol. The first kappa shape index (κ1) is 15.9. The van der Waals surface area contributed by atoms with Crippen LogP contribution in [0.25, 0.3) is 0 Å². The van der Waals surface area contributed by atoms with E-state index in [0.29, 0.717) is 6.10 Å². The zero-order chi connectivity index (χ0) is 13.2. The highest BCUT2D eigenvalue weighted by atomic mass is 16.7. The first-order valence-corrected chi connectivity index (χ1v) is 7.61. The van der Waals surface area contributed by atoms with Gasteiger partial charge in [-0.15, -0.1) is 0 Å². The van der Waals surface area contributed by atoms with Crippen molar-refractivity contribution in [2.75, 3.05) is 19.8 Å². The van der Waals surface area contributed by atoms with Crippen molar-refractivity contribution in [3.63, 3.8) is 0 Å². The van der Waals surface area contributed by atoms with Crippen molar-refractivity contribution in [2.45, 2.75) is 71.7 Å². The standard InChI is InChI=1S/C15H30O3/c1-4-6-11-16-12-14-7-9-15(10-8-14)18-13(3)17-5-2/h13-15H,4-12H2,1-3H3. The monoisotopic (exact) mass is 258 g/mol. The molecule has 108 valence electrons. The van der Waals surface area contributed by atoms with Crippen LogP contribution in [0.15, 0.2) is 0 Å². The molecule has 3 nitrogen and oxygen atoms in total. The molecule has 0 aliphatic heterocycles. The zero-order valence-electron chi connectivity index (χ0n) is 12.3. The summed E-state index contributed by atoms with van der Waals surface area (Å²) in [5, 5.41) is 0. The maximum atomic E-state index is 5.86. The van der Waals surface area contributed by atoms with E-state index in [1.807, 2.05) is 13.8 Å². The summed E-state index contributed by atoms with van der Waals surface area (Å²) in [7, 11) is 0. The number of ether oxygens (including phenoxy) is 3. The van der Waals surface area contributed by atoms with Crippen LogP contribution in [-0.2, 0) is 14.2 Å². The van der Waals surface area contributed by atoms with E-state index in [1.165, 1.54) is 25.7 Å². The molecule has 1 saturated carbocycles. The van der Waals surface area contributed by atoms with Gasteiger partial charge in [-0.05, 0) is 51.9 Å². The largest absolute Gasteiger partial charge is 0.381 e. The van der Waals surface area contributed by atoms with Crippen molar-refractivity contribution < 1.29 is 14.2 Å². The molecule has 1 unspecified atom stereocenters. The van der Waals surface area contributed by atoms with Crippen LogP contribution in [0, 0.1) is 5.92 Å². The van der Waals surface area contributed by atoms with Crippen molar-refractivity contribution in [3.8, 4) is 0 Å². The fourth-order valence-corrected chi connectivity index (χ4v) is 2.48. The van der Waals surface area contributed by atoms with E-state index >= 15 is 0 Å². The van der Waals surface area contributed by atoms with Crippen molar-refractivity contribution >= 4 is 0 Å². The fourth-order valence-electron chi connectivity index (χ4n) is 2.48. The van der Waals surface area contributed by atoms with E-state index in [9.17, 15) is 0 Å². The third-order valence-corrected chi connectivity index (χ3v) is 3.58. The molecule has 1 atom stereocenters. The van der Waals surface area contributed by atoms with Gasteiger partial charge in [-0.25, -0.2) is 0 Å². The highest BCUT2D eigenvalue weighted by Crippen LogP contribution is 2.27. The summed E-state index contributed by atoms with van der Waals surface area (Å²) in [6, 6.07) is 0. The lowest BCUT2D eigenvalue weighted by molar-refractivity contribution is -0.166. The molecule has 0 spiro atoms. The number of hydrogen-bond acceptors (Lipinski definition) is 3. The van der Waals surface area contributed by atoms with Gasteiger partial charge in [0.05, 0.1) is 6.10 Å². The molecule has 0 amide bonds. The smallest absolute Gasteiger partial charge is 0.155 e. The van der Waals surface area contributed by atoms with Gasteiger partial charge in [0, 0.05) is 19.8 Å². The van der Waals surface area contributed by atoms with E-state index in [2.05, 4.69) is 6.92 Å². The molecule has 1 aliphatic rings. The third-order valence-electron chi connectivity index (χ3n) is 3.58. The molecule has 0 N–H and O–H groups in total. The van der Waals surface area contributed by atoms with Gasteiger partial charge in [0.2, 0.25) is 0 Å². The van der Waals surface area contributed by atoms with Crippen molar-refractivity contribution in [1.82, 2.24) is 0 Å². The topological polar surface area (TPSA) is 27.7 Å². The summed E-state index contributed by atoms with van der Waals surface area (Å²) in [6.07, 6.45) is 7.50. The van der Waals surface area contributed by atoms with Crippen molar-refractivity contribution in [3.05, 3.63) is 0 Å². The van der Waals surface area contributed by atoms with E-state index < -0.39 is 0 Å². The number of unbranched alkanes of at least 4 members (excludes halogenated alkanes) is 1. The highest BCUT2D eigenvalue weighted by Gasteiger charge is 2.23. The Labute approximate surface area is 112 Å². The molecule has 0 radical (unpaired) electrons. The van der Waals surface area contributed by atoms with Crippen LogP contribution < -0.4 is 0 Å². The Morgan fingerprint density at radius 1 is 1.11 bits per heavy atom. The predicted molar refractivity (Wildman–Crippen MR) is 73.6 cm³/mol. The molecule has 1 rings (SSSR count). The maximum absolute atomic E-state index is 5.86. The minimum atomic E-state index is -0.0580. The van der Waals surface area contributed by atoms with Crippen LogP contribution in [0.4, 0.5) is 0 Å². The molecule has 1 aliphatic carbocycles. The summed E-state index contributed by atoms with van der Waals surface area (Å²) in [4.78, 5) is 0. The molecule has 0 aromatic rings. The Kier molecular flexibility index (Phi) is 8.64. The molecule has 1 fully saturated rings. The minimum Gasteiger partial charge on any atom is -0.381 e. The molecule has 0 aromatic heterocycles. The van der Waals surface area contributed by atoms with Crippen LogP contribution in [0.2, 0.25) is 0 Å². The quantitative estimate of drug-likeness (QED) is 0.465. The average Bonchev–Trinajstić information content (AvgIpc) is 2.37. The fraction of sp³-hybridized carbons (Fsp3) is 1.00. The lowest BCUT2D eigenvalue weighted by Gasteiger charge is -2.30. The number of rotatable bonds is 9. The third kappa shape index (κ3) is 6.72. The van der Waals surface area contributed by atoms with E-state index in [4.69, 9.17) is 14.2 Å². The molecule has 18 heavy (non-hydrogen) atoms. The van der Waals surface area contributed by atoms with Crippen LogP contribution in [-0.4, -0.2) is 32.2 Å². The van der Waals surface area contributed by atoms with Crippen LogP contribution in [0.1, 0.15) is 59.3 Å². The van der Waals surface area contributed by atoms with Gasteiger partial charge in [-0.1, -0.05) is 13.3 Å². The van der Waals surface area contributed by atoms with Gasteiger partial charge in [-0.2, -0.15) is 0 Å². The first-order valence-electron chi connectivity index (χ1n) is 7.61. The molecule has 0 bridgehead atoms. The second-order valence-corrected chi connectivity index (χ2v) is 5.23. The molecular formula is C15H30O3. The Hall–Kier alpha value is -0.120. The Balaban J connectivity index is 2.05. The van der Waals surface area contributed by atoms with Gasteiger partial charge < -0.3 is 14.2 Å². The van der Waals surface area contributed by atoms with Gasteiger partial charge >= 0.3 is 0 Å². The summed E-state index contributed by atoms with van der Waals surface area (Å²) >= 11 is 0. The van der Waals surface area contributed by atoms with Crippen LogP contribution in [0.3, 0.4) is 0 Å². The Morgan fingerprint density at radius 2 is 1.83 bits per heavy atom. The minimum absolute atomic E-state index is 0.0580. The SMILES string of the molecule is CCCCOCC1CCC(OC(C)OCC)CC1. The van der Waals surface area contributed by atoms with Gasteiger partial charge in [0.25, 0.3) is 0 Å². The summed E-state index contributed by atoms with van der Waals surface area (Å²) in [5.41, 5.74) is 0. The summed E-state index contributed by atoms with van der Waals surface area (Å²) < 4.78 is 17.0. The summed E-state index contributed by atoms with van der Waals surface area (Å²) in [6.45, 7) is 8.78. The Morgan fingerprint density at radius 3 is 2.44 bits per heavy atom. The second-order valence-electron chi connectivity index (χ2n) is 5.23. The molecule has 0 aromatic carbocycles.